The first-order chi connectivity index (χ1) is 13.2. The lowest BCUT2D eigenvalue weighted by molar-refractivity contribution is 0.0942. The number of hydrogen-bond donors (Lipinski definition) is 0. The Hall–Kier alpha value is -2.53. The Morgan fingerprint density at radius 1 is 1.22 bits per heavy atom. The van der Waals surface area contributed by atoms with Gasteiger partial charge in [-0.25, -0.2) is 4.98 Å². The van der Waals surface area contributed by atoms with Crippen LogP contribution in [0.3, 0.4) is 0 Å². The molecule has 0 saturated carbocycles. The lowest BCUT2D eigenvalue weighted by Crippen LogP contribution is -2.20. The maximum Gasteiger partial charge on any atom is 0.257 e. The van der Waals surface area contributed by atoms with Crippen LogP contribution in [0, 0.1) is 5.92 Å². The van der Waals surface area contributed by atoms with E-state index in [2.05, 4.69) is 30.1 Å². The van der Waals surface area contributed by atoms with Crippen molar-refractivity contribution in [3.05, 3.63) is 59.8 Å². The van der Waals surface area contributed by atoms with Crippen LogP contribution in [0.25, 0.3) is 22.0 Å². The van der Waals surface area contributed by atoms with Crippen LogP contribution >= 0.6 is 11.8 Å². The number of hydrogen-bond acceptors (Lipinski definition) is 4. The number of nitrogens with zero attached hydrogens (tertiary/aromatic N) is 2. The minimum atomic E-state index is 0.0919. The van der Waals surface area contributed by atoms with Gasteiger partial charge in [-0.1, -0.05) is 49.0 Å². The van der Waals surface area contributed by atoms with E-state index in [1.54, 1.807) is 0 Å². The van der Waals surface area contributed by atoms with Crippen molar-refractivity contribution in [3.63, 3.8) is 0 Å². The first kappa shape index (κ1) is 16.6. The summed E-state index contributed by atoms with van der Waals surface area (Å²) >= 11 is 1.36. The summed E-state index contributed by atoms with van der Waals surface area (Å²) < 4.78 is 7.68. The van der Waals surface area contributed by atoms with Gasteiger partial charge in [0, 0.05) is 11.1 Å². The van der Waals surface area contributed by atoms with E-state index in [1.807, 2.05) is 34.9 Å². The maximum absolute atomic E-state index is 13.1. The van der Waals surface area contributed by atoms with Gasteiger partial charge in [-0.3, -0.25) is 9.36 Å². The van der Waals surface area contributed by atoms with Gasteiger partial charge in [0.05, 0.1) is 11.3 Å². The van der Waals surface area contributed by atoms with Crippen molar-refractivity contribution in [2.45, 2.75) is 31.4 Å². The zero-order valence-electron chi connectivity index (χ0n) is 15.1. The van der Waals surface area contributed by atoms with Crippen LogP contribution in [0.15, 0.2) is 58.2 Å². The Kier molecular flexibility index (Phi) is 4.05. The molecule has 0 amide bonds. The molecule has 0 aliphatic heterocycles. The summed E-state index contributed by atoms with van der Waals surface area (Å²) in [7, 11) is 0. The molecule has 5 rings (SSSR count). The highest BCUT2D eigenvalue weighted by Gasteiger charge is 2.26. The average molecular weight is 376 g/mol. The van der Waals surface area contributed by atoms with Gasteiger partial charge < -0.3 is 4.42 Å². The summed E-state index contributed by atoms with van der Waals surface area (Å²) in [5.41, 5.74) is 5.15. The molecule has 2 heterocycles. The van der Waals surface area contributed by atoms with Crippen LogP contribution in [0.5, 0.6) is 0 Å². The molecule has 0 bridgehead atoms. The molecule has 136 valence electrons. The van der Waals surface area contributed by atoms with Gasteiger partial charge in [0.1, 0.15) is 5.52 Å². The number of carbonyl (C=O) groups excluding carboxylic acids is 1. The van der Waals surface area contributed by atoms with Crippen LogP contribution in [-0.4, -0.2) is 21.2 Å². The Morgan fingerprint density at radius 3 is 2.93 bits per heavy atom. The van der Waals surface area contributed by atoms with Gasteiger partial charge in [-0.05, 0) is 48.9 Å². The van der Waals surface area contributed by atoms with Gasteiger partial charge in [0.25, 0.3) is 5.22 Å². The van der Waals surface area contributed by atoms with Crippen LogP contribution in [0.1, 0.15) is 29.4 Å². The Balaban J connectivity index is 1.47. The average Bonchev–Trinajstić information content (AvgIpc) is 3.24. The molecule has 1 aliphatic rings. The van der Waals surface area contributed by atoms with Crippen LogP contribution in [-0.2, 0) is 12.8 Å². The molecular formula is C22H20N2O2S. The second kappa shape index (κ2) is 6.57. The third-order valence-electron chi connectivity index (χ3n) is 5.36. The highest BCUT2D eigenvalue weighted by atomic mass is 32.2. The van der Waals surface area contributed by atoms with Gasteiger partial charge >= 0.3 is 0 Å². The summed E-state index contributed by atoms with van der Waals surface area (Å²) in [5.74, 6) is 1.07. The molecule has 2 aromatic heterocycles. The summed E-state index contributed by atoms with van der Waals surface area (Å²) in [6.45, 7) is 2.29. The second-order valence-corrected chi connectivity index (χ2v) is 8.18. The van der Waals surface area contributed by atoms with Gasteiger partial charge in [-0.2, -0.15) is 0 Å². The van der Waals surface area contributed by atoms with E-state index in [1.165, 1.54) is 28.4 Å². The van der Waals surface area contributed by atoms with E-state index in [0.717, 1.165) is 35.9 Å². The molecule has 5 heteroatoms. The number of aromatic nitrogens is 2. The monoisotopic (exact) mass is 376 g/mol. The zero-order valence-corrected chi connectivity index (χ0v) is 16.0. The van der Waals surface area contributed by atoms with Crippen LogP contribution in [0.2, 0.25) is 0 Å². The van der Waals surface area contributed by atoms with Crippen molar-refractivity contribution in [2.24, 2.45) is 5.92 Å². The van der Waals surface area contributed by atoms with Crippen molar-refractivity contribution in [1.29, 1.82) is 0 Å². The molecule has 0 saturated heterocycles. The number of thioether (sulfide) groups is 1. The van der Waals surface area contributed by atoms with E-state index in [-0.39, 0.29) is 5.91 Å². The minimum Gasteiger partial charge on any atom is -0.431 e. The lowest BCUT2D eigenvalue weighted by Gasteiger charge is -2.20. The fourth-order valence-corrected chi connectivity index (χ4v) is 4.76. The van der Waals surface area contributed by atoms with Crippen molar-refractivity contribution >= 4 is 39.7 Å². The van der Waals surface area contributed by atoms with Gasteiger partial charge in [-0.15, -0.1) is 0 Å². The number of para-hydroxylation sites is 3. The number of benzene rings is 2. The summed E-state index contributed by atoms with van der Waals surface area (Å²) in [4.78, 5) is 17.6. The predicted molar refractivity (Wildman–Crippen MR) is 108 cm³/mol. The van der Waals surface area contributed by atoms with Gasteiger partial charge in [0.2, 0.25) is 5.91 Å². The SMILES string of the molecule is CC1CCc2c(c3ccccc3n2C(=O)CSc2nc3ccccc3o2)C1. The third-order valence-corrected chi connectivity index (χ3v) is 6.17. The Bertz CT molecular complexity index is 1120. The molecule has 1 aliphatic carbocycles. The topological polar surface area (TPSA) is 48.0 Å². The molecule has 0 fully saturated rings. The number of oxazole rings is 1. The largest absolute Gasteiger partial charge is 0.431 e. The summed E-state index contributed by atoms with van der Waals surface area (Å²) in [6, 6.07) is 15.9. The quantitative estimate of drug-likeness (QED) is 0.453. The molecule has 27 heavy (non-hydrogen) atoms. The number of rotatable bonds is 3. The Morgan fingerprint density at radius 2 is 2.04 bits per heavy atom. The fourth-order valence-electron chi connectivity index (χ4n) is 4.07. The van der Waals surface area contributed by atoms with Crippen molar-refractivity contribution in [3.8, 4) is 0 Å². The molecule has 1 unspecified atom stereocenters. The molecule has 2 aromatic carbocycles. The minimum absolute atomic E-state index is 0.0919. The van der Waals surface area contributed by atoms with Crippen molar-refractivity contribution in [1.82, 2.24) is 9.55 Å². The number of carbonyl (C=O) groups is 1. The van der Waals surface area contributed by atoms with E-state index in [9.17, 15) is 4.79 Å². The van der Waals surface area contributed by atoms with E-state index >= 15 is 0 Å². The zero-order chi connectivity index (χ0) is 18.4. The first-order valence-electron chi connectivity index (χ1n) is 9.33. The van der Waals surface area contributed by atoms with Crippen molar-refractivity contribution in [2.75, 3.05) is 5.75 Å². The smallest absolute Gasteiger partial charge is 0.257 e. The third kappa shape index (κ3) is 2.86. The maximum atomic E-state index is 13.1. The van der Waals surface area contributed by atoms with Crippen LogP contribution < -0.4 is 0 Å². The highest BCUT2D eigenvalue weighted by Crippen LogP contribution is 2.34. The second-order valence-electron chi connectivity index (χ2n) is 7.26. The normalized spacial score (nSPS) is 16.7. The van der Waals surface area contributed by atoms with E-state index in [0.29, 0.717) is 16.9 Å². The van der Waals surface area contributed by atoms with Gasteiger partial charge in [0.15, 0.2) is 5.58 Å². The van der Waals surface area contributed by atoms with Crippen molar-refractivity contribution < 1.29 is 9.21 Å². The predicted octanol–water partition coefficient (Wildman–Crippen LogP) is 5.34. The van der Waals surface area contributed by atoms with E-state index in [4.69, 9.17) is 4.42 Å². The van der Waals surface area contributed by atoms with Crippen LogP contribution in [0.4, 0.5) is 0 Å². The molecule has 1 atom stereocenters. The molecule has 0 radical (unpaired) electrons. The summed E-state index contributed by atoms with van der Waals surface area (Å²) in [5, 5.41) is 1.77. The van der Waals surface area contributed by atoms with E-state index < -0.39 is 0 Å². The molecular weight excluding hydrogens is 356 g/mol. The Labute approximate surface area is 161 Å². The first-order valence-corrected chi connectivity index (χ1v) is 10.3. The standard InChI is InChI=1S/C22H20N2O2S/c1-14-10-11-19-16(12-14)15-6-2-4-8-18(15)24(19)21(25)13-27-22-23-17-7-3-5-9-20(17)26-22/h2-9,14H,10-13H2,1H3. The lowest BCUT2D eigenvalue weighted by atomic mass is 9.88. The molecule has 4 aromatic rings. The number of fused-ring (bicyclic) bond motifs is 4. The highest BCUT2D eigenvalue weighted by molar-refractivity contribution is 7.99. The molecule has 4 nitrogen and oxygen atoms in total. The molecule has 0 spiro atoms. The fraction of sp³-hybridized carbons (Fsp3) is 0.273. The summed E-state index contributed by atoms with van der Waals surface area (Å²) in [6.07, 6.45) is 3.15. The molecule has 0 N–H and O–H groups in total.